The first-order valence-electron chi connectivity index (χ1n) is 4.89. The summed E-state index contributed by atoms with van der Waals surface area (Å²) in [6.45, 7) is 0. The number of anilines is 1. The third-order valence-electron chi connectivity index (χ3n) is 2.21. The summed E-state index contributed by atoms with van der Waals surface area (Å²) in [5, 5.41) is 9.02. The Bertz CT molecular complexity index is 615. The summed E-state index contributed by atoms with van der Waals surface area (Å²) in [5.74, 6) is -1.53. The number of hydrogen-bond donors (Lipinski definition) is 2. The fourth-order valence-electron chi connectivity index (χ4n) is 1.50. The number of hydrogen-bond acceptors (Lipinski definition) is 4. The van der Waals surface area contributed by atoms with Gasteiger partial charge < -0.3 is 10.8 Å². The molecule has 0 bridgehead atoms. The fraction of sp³-hybridized carbons (Fsp3) is 0.0909. The van der Waals surface area contributed by atoms with E-state index >= 15 is 0 Å². The Hall–Kier alpha value is -1.66. The molecule has 0 radical (unpaired) electrons. The zero-order valence-electron chi connectivity index (χ0n) is 8.98. The standard InChI is InChI=1S/C11H8ClFN2O2S/c12-6-3-5(1-2-7(6)13)10-8(4-9(16)17)15-11(14)18-10/h1-3H,4H2,(H2,14,15)(H,16,17). The van der Waals surface area contributed by atoms with Crippen LogP contribution < -0.4 is 5.73 Å². The Labute approximate surface area is 111 Å². The van der Waals surface area contributed by atoms with Gasteiger partial charge in [-0.05, 0) is 17.7 Å². The topological polar surface area (TPSA) is 76.2 Å². The van der Waals surface area contributed by atoms with Crippen LogP contribution in [-0.2, 0) is 11.2 Å². The summed E-state index contributed by atoms with van der Waals surface area (Å²) in [6.07, 6.45) is -0.238. The van der Waals surface area contributed by atoms with Crippen molar-refractivity contribution >= 4 is 34.0 Å². The smallest absolute Gasteiger partial charge is 0.309 e. The second-order valence-corrected chi connectivity index (χ2v) is 4.97. The number of carboxylic acids is 1. The number of nitrogens with zero attached hydrogens (tertiary/aromatic N) is 1. The van der Waals surface area contributed by atoms with Gasteiger partial charge in [-0.25, -0.2) is 9.37 Å². The van der Waals surface area contributed by atoms with Crippen LogP contribution in [0.2, 0.25) is 5.02 Å². The Morgan fingerprint density at radius 3 is 2.89 bits per heavy atom. The van der Waals surface area contributed by atoms with Gasteiger partial charge in [-0.2, -0.15) is 0 Å². The molecule has 0 aliphatic heterocycles. The third kappa shape index (κ3) is 2.60. The predicted molar refractivity (Wildman–Crippen MR) is 68.3 cm³/mol. The van der Waals surface area contributed by atoms with Crippen LogP contribution >= 0.6 is 22.9 Å². The van der Waals surface area contributed by atoms with E-state index in [-0.39, 0.29) is 16.6 Å². The molecule has 0 fully saturated rings. The molecule has 1 heterocycles. The van der Waals surface area contributed by atoms with Crippen LogP contribution in [0.5, 0.6) is 0 Å². The average Bonchev–Trinajstić information content (AvgIpc) is 2.62. The first-order valence-corrected chi connectivity index (χ1v) is 6.09. The number of nitrogens with two attached hydrogens (primary N) is 1. The SMILES string of the molecule is Nc1nc(CC(=O)O)c(-c2ccc(F)c(Cl)c2)s1. The van der Waals surface area contributed by atoms with Gasteiger partial charge in [0.25, 0.3) is 0 Å². The van der Waals surface area contributed by atoms with Gasteiger partial charge in [0.15, 0.2) is 5.13 Å². The lowest BCUT2D eigenvalue weighted by atomic mass is 10.1. The van der Waals surface area contributed by atoms with Crippen LogP contribution in [0, 0.1) is 5.82 Å². The first-order chi connectivity index (χ1) is 8.47. The summed E-state index contributed by atoms with van der Waals surface area (Å²) in [6, 6.07) is 4.16. The summed E-state index contributed by atoms with van der Waals surface area (Å²) < 4.78 is 13.1. The molecule has 0 saturated heterocycles. The largest absolute Gasteiger partial charge is 0.481 e. The fourth-order valence-corrected chi connectivity index (χ4v) is 2.52. The number of nitrogen functional groups attached to an aromatic ring is 1. The molecule has 0 unspecified atom stereocenters. The van der Waals surface area contributed by atoms with Gasteiger partial charge in [-0.3, -0.25) is 4.79 Å². The molecule has 4 nitrogen and oxygen atoms in total. The van der Waals surface area contributed by atoms with E-state index in [4.69, 9.17) is 22.4 Å². The van der Waals surface area contributed by atoms with Crippen molar-refractivity contribution in [3.8, 4) is 10.4 Å². The highest BCUT2D eigenvalue weighted by Crippen LogP contribution is 2.34. The van der Waals surface area contributed by atoms with Crippen LogP contribution in [0.25, 0.3) is 10.4 Å². The molecule has 2 aromatic rings. The Balaban J connectivity index is 2.49. The molecule has 1 aromatic carbocycles. The van der Waals surface area contributed by atoms with E-state index in [9.17, 15) is 9.18 Å². The number of halogens is 2. The second-order valence-electron chi connectivity index (χ2n) is 3.53. The molecule has 94 valence electrons. The lowest BCUT2D eigenvalue weighted by Gasteiger charge is -2.01. The van der Waals surface area contributed by atoms with E-state index in [1.165, 1.54) is 18.2 Å². The van der Waals surface area contributed by atoms with E-state index in [0.29, 0.717) is 16.1 Å². The third-order valence-corrected chi connectivity index (χ3v) is 3.48. The average molecular weight is 287 g/mol. The summed E-state index contributed by atoms with van der Waals surface area (Å²) in [7, 11) is 0. The lowest BCUT2D eigenvalue weighted by Crippen LogP contribution is -2.01. The molecule has 0 amide bonds. The Morgan fingerprint density at radius 2 is 2.28 bits per heavy atom. The zero-order chi connectivity index (χ0) is 13.3. The van der Waals surface area contributed by atoms with E-state index in [1.54, 1.807) is 0 Å². The van der Waals surface area contributed by atoms with Gasteiger partial charge in [-0.15, -0.1) is 0 Å². The maximum atomic E-state index is 13.1. The molecule has 3 N–H and O–H groups in total. The molecule has 0 aliphatic carbocycles. The van der Waals surface area contributed by atoms with E-state index < -0.39 is 11.8 Å². The number of aromatic nitrogens is 1. The minimum Gasteiger partial charge on any atom is -0.481 e. The van der Waals surface area contributed by atoms with Crippen molar-refractivity contribution in [3.05, 3.63) is 34.7 Å². The van der Waals surface area contributed by atoms with Crippen LogP contribution in [0.15, 0.2) is 18.2 Å². The lowest BCUT2D eigenvalue weighted by molar-refractivity contribution is -0.136. The number of aliphatic carboxylic acids is 1. The summed E-state index contributed by atoms with van der Waals surface area (Å²) >= 11 is 6.84. The van der Waals surface area contributed by atoms with E-state index in [0.717, 1.165) is 11.3 Å². The predicted octanol–water partition coefficient (Wildman–Crippen LogP) is 2.81. The molecular weight excluding hydrogens is 279 g/mol. The molecular formula is C11H8ClFN2O2S. The number of rotatable bonds is 3. The van der Waals surface area contributed by atoms with E-state index in [1.807, 2.05) is 0 Å². The van der Waals surface area contributed by atoms with E-state index in [2.05, 4.69) is 4.98 Å². The van der Waals surface area contributed by atoms with Crippen molar-refractivity contribution in [1.29, 1.82) is 0 Å². The normalized spacial score (nSPS) is 10.6. The zero-order valence-corrected chi connectivity index (χ0v) is 10.6. The second kappa shape index (κ2) is 4.91. The minimum absolute atomic E-state index is 0.0271. The monoisotopic (exact) mass is 286 g/mol. The van der Waals surface area contributed by atoms with Crippen molar-refractivity contribution < 1.29 is 14.3 Å². The molecule has 18 heavy (non-hydrogen) atoms. The molecule has 7 heteroatoms. The van der Waals surface area contributed by atoms with Crippen LogP contribution in [-0.4, -0.2) is 16.1 Å². The summed E-state index contributed by atoms with van der Waals surface area (Å²) in [4.78, 5) is 15.3. The molecule has 0 spiro atoms. The van der Waals surface area contributed by atoms with Crippen LogP contribution in [0.3, 0.4) is 0 Å². The van der Waals surface area contributed by atoms with Gasteiger partial charge in [-0.1, -0.05) is 29.0 Å². The van der Waals surface area contributed by atoms with Gasteiger partial charge in [0.05, 0.1) is 22.0 Å². The Kier molecular flexibility index (Phi) is 3.49. The van der Waals surface area contributed by atoms with Gasteiger partial charge in [0.2, 0.25) is 0 Å². The molecule has 0 saturated carbocycles. The van der Waals surface area contributed by atoms with Crippen molar-refractivity contribution in [2.75, 3.05) is 5.73 Å². The molecule has 0 aliphatic rings. The van der Waals surface area contributed by atoms with Crippen molar-refractivity contribution in [2.24, 2.45) is 0 Å². The van der Waals surface area contributed by atoms with Gasteiger partial charge >= 0.3 is 5.97 Å². The van der Waals surface area contributed by atoms with Crippen LogP contribution in [0.1, 0.15) is 5.69 Å². The maximum absolute atomic E-state index is 13.1. The highest BCUT2D eigenvalue weighted by molar-refractivity contribution is 7.18. The molecule has 1 aromatic heterocycles. The van der Waals surface area contributed by atoms with Gasteiger partial charge in [0, 0.05) is 0 Å². The van der Waals surface area contributed by atoms with Crippen molar-refractivity contribution in [2.45, 2.75) is 6.42 Å². The highest BCUT2D eigenvalue weighted by Gasteiger charge is 2.15. The first kappa shape index (κ1) is 12.8. The number of benzene rings is 1. The van der Waals surface area contributed by atoms with Gasteiger partial charge in [0.1, 0.15) is 5.82 Å². The number of carbonyl (C=O) groups is 1. The molecule has 2 rings (SSSR count). The summed E-state index contributed by atoms with van der Waals surface area (Å²) in [5.41, 5.74) is 6.53. The number of thiazole rings is 1. The quantitative estimate of drug-likeness (QED) is 0.909. The van der Waals surface area contributed by atoms with Crippen molar-refractivity contribution in [1.82, 2.24) is 4.98 Å². The molecule has 0 atom stereocenters. The Morgan fingerprint density at radius 1 is 1.56 bits per heavy atom. The highest BCUT2D eigenvalue weighted by atomic mass is 35.5. The maximum Gasteiger partial charge on any atom is 0.309 e. The van der Waals surface area contributed by atoms with Crippen LogP contribution in [0.4, 0.5) is 9.52 Å². The number of carboxylic acid groups (broad SMARTS) is 1. The van der Waals surface area contributed by atoms with Crippen molar-refractivity contribution in [3.63, 3.8) is 0 Å². The minimum atomic E-state index is -1.00.